The fourth-order valence-corrected chi connectivity index (χ4v) is 4.38. The molecular weight excluding hydrogens is 362 g/mol. The number of β-amino-alcohol motifs (C(OH)–C–C–N with tert-alkyl or cyclic N) is 1. The lowest BCUT2D eigenvalue weighted by Crippen LogP contribution is -2.53. The molecule has 0 aromatic heterocycles. The van der Waals surface area contributed by atoms with Crippen molar-refractivity contribution in [3.05, 3.63) is 65.2 Å². The molecule has 2 aromatic rings. The molecule has 1 N–H and O–H groups in total. The van der Waals surface area contributed by atoms with Gasteiger partial charge >= 0.3 is 0 Å². The van der Waals surface area contributed by atoms with Gasteiger partial charge in [-0.15, -0.1) is 0 Å². The minimum Gasteiger partial charge on any atom is -0.390 e. The first-order valence-corrected chi connectivity index (χ1v) is 10.7. The van der Waals surface area contributed by atoms with Crippen LogP contribution in [0.15, 0.2) is 48.5 Å². The number of carbonyl (C=O) groups is 1. The number of aliphatic hydroxyl groups excluding tert-OH is 1. The second-order valence-electron chi connectivity index (χ2n) is 8.19. The average molecular weight is 394 g/mol. The normalized spacial score (nSPS) is 18.6. The third-order valence-corrected chi connectivity index (χ3v) is 6.14. The van der Waals surface area contributed by atoms with Crippen LogP contribution in [0, 0.1) is 0 Å². The number of nitrogens with zero attached hydrogens (tertiary/aromatic N) is 3. The van der Waals surface area contributed by atoms with Gasteiger partial charge in [-0.25, -0.2) is 0 Å². The van der Waals surface area contributed by atoms with Crippen LogP contribution in [0.2, 0.25) is 0 Å². The van der Waals surface area contributed by atoms with E-state index in [4.69, 9.17) is 0 Å². The summed E-state index contributed by atoms with van der Waals surface area (Å²) in [6, 6.07) is 17.0. The van der Waals surface area contributed by atoms with Crippen LogP contribution in [0.25, 0.3) is 0 Å². The van der Waals surface area contributed by atoms with E-state index < -0.39 is 6.10 Å². The molecule has 1 unspecified atom stereocenters. The van der Waals surface area contributed by atoms with Crippen molar-refractivity contribution in [2.45, 2.75) is 32.4 Å². The maximum atomic E-state index is 12.7. The molecule has 2 aliphatic heterocycles. The molecule has 2 heterocycles. The topological polar surface area (TPSA) is 47.0 Å². The van der Waals surface area contributed by atoms with Crippen LogP contribution in [0.4, 0.5) is 5.69 Å². The second-order valence-corrected chi connectivity index (χ2v) is 8.19. The van der Waals surface area contributed by atoms with Crippen LogP contribution in [-0.2, 0) is 24.2 Å². The van der Waals surface area contributed by atoms with Gasteiger partial charge in [0.05, 0.1) is 12.6 Å². The van der Waals surface area contributed by atoms with Crippen molar-refractivity contribution in [2.24, 2.45) is 0 Å². The fourth-order valence-electron chi connectivity index (χ4n) is 4.38. The first kappa shape index (κ1) is 19.9. The zero-order valence-corrected chi connectivity index (χ0v) is 17.3. The van der Waals surface area contributed by atoms with E-state index >= 15 is 0 Å². The van der Waals surface area contributed by atoms with Crippen molar-refractivity contribution in [2.75, 3.05) is 44.2 Å². The number of rotatable bonds is 6. The second kappa shape index (κ2) is 8.97. The fraction of sp³-hybridized carbons (Fsp3) is 0.458. The number of hydrogen-bond donors (Lipinski definition) is 1. The highest BCUT2D eigenvalue weighted by molar-refractivity contribution is 5.82. The molecule has 154 valence electrons. The number of hydrogen-bond acceptors (Lipinski definition) is 4. The maximum Gasteiger partial charge on any atom is 0.242 e. The molecule has 0 spiro atoms. The smallest absolute Gasteiger partial charge is 0.242 e. The molecule has 4 rings (SSSR count). The van der Waals surface area contributed by atoms with Crippen LogP contribution >= 0.6 is 0 Å². The van der Waals surface area contributed by atoms with E-state index in [0.717, 1.165) is 38.2 Å². The van der Waals surface area contributed by atoms with E-state index in [2.05, 4.69) is 65.3 Å². The van der Waals surface area contributed by atoms with Gasteiger partial charge in [-0.1, -0.05) is 43.3 Å². The highest BCUT2D eigenvalue weighted by atomic mass is 16.3. The van der Waals surface area contributed by atoms with Gasteiger partial charge in [0.2, 0.25) is 5.91 Å². The monoisotopic (exact) mass is 393 g/mol. The molecule has 0 radical (unpaired) electrons. The number of benzene rings is 2. The van der Waals surface area contributed by atoms with Crippen LogP contribution in [0.5, 0.6) is 0 Å². The third kappa shape index (κ3) is 4.80. The summed E-state index contributed by atoms with van der Waals surface area (Å²) in [7, 11) is 0. The Kier molecular flexibility index (Phi) is 6.16. The minimum absolute atomic E-state index is 0.0962. The Bertz CT molecular complexity index is 836. The van der Waals surface area contributed by atoms with Gasteiger partial charge in [0.15, 0.2) is 0 Å². The number of aryl methyl sites for hydroxylation is 1. The molecule has 1 saturated heterocycles. The Balaban J connectivity index is 1.27. The zero-order chi connectivity index (χ0) is 20.2. The number of aliphatic hydroxyl groups is 1. The molecule has 0 bridgehead atoms. The van der Waals surface area contributed by atoms with Gasteiger partial charge in [0, 0.05) is 45.0 Å². The highest BCUT2D eigenvalue weighted by Crippen LogP contribution is 2.20. The molecule has 29 heavy (non-hydrogen) atoms. The molecule has 5 heteroatoms. The maximum absolute atomic E-state index is 12.7. The van der Waals surface area contributed by atoms with Gasteiger partial charge in [-0.3, -0.25) is 9.69 Å². The largest absolute Gasteiger partial charge is 0.390 e. The molecule has 0 saturated carbocycles. The molecule has 2 aromatic carbocycles. The van der Waals surface area contributed by atoms with Crippen molar-refractivity contribution in [3.8, 4) is 0 Å². The van der Waals surface area contributed by atoms with Gasteiger partial charge in [-0.05, 0) is 41.7 Å². The standard InChI is InChI=1S/C24H31N3O2/c1-2-19-7-9-22(10-8-19)26-13-14-27(24(29)18-26)17-23(28)16-25-12-11-20-5-3-4-6-21(20)15-25/h3-10,23,28H,2,11-18H2,1H3. The van der Waals surface area contributed by atoms with E-state index in [1.54, 1.807) is 0 Å². The van der Waals surface area contributed by atoms with E-state index in [1.807, 2.05) is 4.90 Å². The minimum atomic E-state index is -0.514. The van der Waals surface area contributed by atoms with Crippen LogP contribution < -0.4 is 4.90 Å². The van der Waals surface area contributed by atoms with Crippen molar-refractivity contribution < 1.29 is 9.90 Å². The SMILES string of the molecule is CCc1ccc(N2CCN(CC(O)CN3CCc4ccccc4C3)C(=O)C2)cc1. The van der Waals surface area contributed by atoms with Gasteiger partial charge in [0.25, 0.3) is 0 Å². The molecule has 1 fully saturated rings. The molecule has 0 aliphatic carbocycles. The quantitative estimate of drug-likeness (QED) is 0.818. The molecule has 1 atom stereocenters. The number of carbonyl (C=O) groups excluding carboxylic acids is 1. The summed E-state index contributed by atoms with van der Waals surface area (Å²) in [6.45, 7) is 6.86. The third-order valence-electron chi connectivity index (χ3n) is 6.14. The van der Waals surface area contributed by atoms with Crippen LogP contribution in [0.1, 0.15) is 23.6 Å². The number of fused-ring (bicyclic) bond motifs is 1. The molecule has 5 nitrogen and oxygen atoms in total. The zero-order valence-electron chi connectivity index (χ0n) is 17.3. The Hall–Kier alpha value is -2.37. The number of anilines is 1. The first-order chi connectivity index (χ1) is 14.1. The first-order valence-electron chi connectivity index (χ1n) is 10.7. The predicted molar refractivity (Wildman–Crippen MR) is 116 cm³/mol. The number of piperazine rings is 1. The van der Waals surface area contributed by atoms with Gasteiger partial charge in [0.1, 0.15) is 0 Å². The summed E-state index contributed by atoms with van der Waals surface area (Å²) in [5, 5.41) is 10.6. The Labute approximate surface area is 173 Å². The van der Waals surface area contributed by atoms with Crippen LogP contribution in [0.3, 0.4) is 0 Å². The van der Waals surface area contributed by atoms with E-state index in [1.165, 1.54) is 16.7 Å². The average Bonchev–Trinajstić information content (AvgIpc) is 2.75. The van der Waals surface area contributed by atoms with E-state index in [0.29, 0.717) is 26.2 Å². The molecular formula is C24H31N3O2. The number of amides is 1. The summed E-state index contributed by atoms with van der Waals surface area (Å²) in [5.74, 6) is 0.0962. The highest BCUT2D eigenvalue weighted by Gasteiger charge is 2.27. The lowest BCUT2D eigenvalue weighted by molar-refractivity contribution is -0.132. The van der Waals surface area contributed by atoms with E-state index in [9.17, 15) is 9.90 Å². The van der Waals surface area contributed by atoms with Crippen molar-refractivity contribution in [1.29, 1.82) is 0 Å². The Morgan fingerprint density at radius 3 is 2.41 bits per heavy atom. The summed E-state index contributed by atoms with van der Waals surface area (Å²) < 4.78 is 0. The van der Waals surface area contributed by atoms with Gasteiger partial charge in [-0.2, -0.15) is 0 Å². The summed E-state index contributed by atoms with van der Waals surface area (Å²) >= 11 is 0. The van der Waals surface area contributed by atoms with Gasteiger partial charge < -0.3 is 14.9 Å². The van der Waals surface area contributed by atoms with Crippen molar-refractivity contribution in [3.63, 3.8) is 0 Å². The summed E-state index contributed by atoms with van der Waals surface area (Å²) in [6.07, 6.45) is 1.53. The van der Waals surface area contributed by atoms with Crippen LogP contribution in [-0.4, -0.2) is 66.2 Å². The summed E-state index contributed by atoms with van der Waals surface area (Å²) in [4.78, 5) is 18.9. The Morgan fingerprint density at radius 2 is 1.69 bits per heavy atom. The molecule has 2 aliphatic rings. The Morgan fingerprint density at radius 1 is 0.931 bits per heavy atom. The molecule has 1 amide bonds. The van der Waals surface area contributed by atoms with E-state index in [-0.39, 0.29) is 5.91 Å². The summed E-state index contributed by atoms with van der Waals surface area (Å²) in [5.41, 5.74) is 5.17. The predicted octanol–water partition coefficient (Wildman–Crippen LogP) is 2.32. The lowest BCUT2D eigenvalue weighted by Gasteiger charge is -2.37. The van der Waals surface area contributed by atoms with Crippen molar-refractivity contribution in [1.82, 2.24) is 9.80 Å². The van der Waals surface area contributed by atoms with Crippen molar-refractivity contribution >= 4 is 11.6 Å². The lowest BCUT2D eigenvalue weighted by atomic mass is 10.00.